The molecule has 0 amide bonds. The van der Waals surface area contributed by atoms with Gasteiger partial charge in [-0.3, -0.25) is 0 Å². The van der Waals surface area contributed by atoms with Crippen molar-refractivity contribution in [3.05, 3.63) is 157 Å². The van der Waals surface area contributed by atoms with Crippen molar-refractivity contribution in [1.82, 2.24) is 0 Å². The maximum Gasteiger partial charge on any atom is 0.261 e. The lowest BCUT2D eigenvalue weighted by atomic mass is 9.60. The van der Waals surface area contributed by atoms with Gasteiger partial charge in [0.25, 0.3) is 16.6 Å². The molecule has 0 radical (unpaired) electrons. The van der Waals surface area contributed by atoms with Gasteiger partial charge in [0.2, 0.25) is 0 Å². The monoisotopic (exact) mass is 955 g/mol. The Morgan fingerprint density at radius 1 is 0.706 bits per heavy atom. The van der Waals surface area contributed by atoms with Gasteiger partial charge in [0, 0.05) is 19.1 Å². The average Bonchev–Trinajstić information content (AvgIpc) is 3.69. The molecule has 68 heavy (non-hydrogen) atoms. The smallest absolute Gasteiger partial charge is 0.261 e. The van der Waals surface area contributed by atoms with Gasteiger partial charge in [0.15, 0.2) is 0 Å². The van der Waals surface area contributed by atoms with Gasteiger partial charge < -0.3 is 18.3 Å². The Morgan fingerprint density at radius 2 is 1.21 bits per heavy atom. The lowest BCUT2D eigenvalue weighted by molar-refractivity contribution is -0.118. The first-order chi connectivity index (χ1) is 32.4. The third-order valence-corrected chi connectivity index (χ3v) is 26.6. The van der Waals surface area contributed by atoms with E-state index in [-0.39, 0.29) is 27.2 Å². The number of methoxy groups -OCH3 is 1. The van der Waals surface area contributed by atoms with Gasteiger partial charge in [-0.05, 0) is 118 Å². The zero-order chi connectivity index (χ0) is 48.8. The van der Waals surface area contributed by atoms with Gasteiger partial charge in [-0.2, -0.15) is 0 Å². The van der Waals surface area contributed by atoms with Crippen LogP contribution < -0.4 is 20.7 Å². The van der Waals surface area contributed by atoms with E-state index in [0.717, 1.165) is 31.2 Å². The fraction of sp³-hybridized carbons (Fsp3) is 0.508. The lowest BCUT2D eigenvalue weighted by Gasteiger charge is -2.49. The lowest BCUT2D eigenvalue weighted by Crippen LogP contribution is -2.69. The second-order valence-electron chi connectivity index (χ2n) is 23.4. The number of fused-ring (bicyclic) bond motifs is 1. The Hall–Kier alpha value is -3.70. The number of hydrogen-bond acceptors (Lipinski definition) is 4. The van der Waals surface area contributed by atoms with Crippen molar-refractivity contribution in [2.75, 3.05) is 13.9 Å². The van der Waals surface area contributed by atoms with E-state index in [1.165, 1.54) is 58.4 Å². The van der Waals surface area contributed by atoms with Gasteiger partial charge in [-0.1, -0.05) is 207 Å². The van der Waals surface area contributed by atoms with E-state index in [4.69, 9.17) is 18.3 Å². The molecule has 366 valence electrons. The molecule has 0 heterocycles. The van der Waals surface area contributed by atoms with Crippen molar-refractivity contribution in [1.29, 1.82) is 0 Å². The Kier molecular flexibility index (Phi) is 16.7. The molecule has 0 bridgehead atoms. The Balaban J connectivity index is 1.30. The SMILES string of the molecule is COCOC(C)(C)CCC[C@@H](C)[C@H]1CC[C@H]2/C(=C/C=C3\C[C@@H](O[Si](c4ccccc4)(c4ccccc4)C(C)(C)C)C[C@H](O[Si](c4ccccc4)(c4ccccc4)C(C)(C)C)\C3=C\F)CCC[C@]12C. The van der Waals surface area contributed by atoms with E-state index in [1.54, 1.807) is 7.11 Å². The fourth-order valence-corrected chi connectivity index (χ4v) is 22.5. The predicted molar refractivity (Wildman–Crippen MR) is 288 cm³/mol. The van der Waals surface area contributed by atoms with Crippen molar-refractivity contribution in [2.24, 2.45) is 23.2 Å². The molecular weight excluding hydrogens is 872 g/mol. The molecule has 0 saturated heterocycles. The first-order valence-corrected chi connectivity index (χ1v) is 29.6. The summed E-state index contributed by atoms with van der Waals surface area (Å²) in [5.74, 6) is 1.84. The van der Waals surface area contributed by atoms with Crippen LogP contribution in [0.15, 0.2) is 157 Å². The third kappa shape index (κ3) is 10.8. The highest BCUT2D eigenvalue weighted by atomic mass is 28.4. The summed E-state index contributed by atoms with van der Waals surface area (Å²) in [5.41, 5.74) is 3.24. The minimum Gasteiger partial charge on any atom is -0.404 e. The predicted octanol–water partition coefficient (Wildman–Crippen LogP) is 13.8. The van der Waals surface area contributed by atoms with Crippen LogP contribution in [0.25, 0.3) is 0 Å². The summed E-state index contributed by atoms with van der Waals surface area (Å²) in [6.45, 7) is 23.8. The highest BCUT2D eigenvalue weighted by Crippen LogP contribution is 2.60. The van der Waals surface area contributed by atoms with Crippen LogP contribution in [-0.2, 0) is 18.3 Å². The quantitative estimate of drug-likeness (QED) is 0.0781. The number of ether oxygens (including phenoxy) is 2. The second-order valence-corrected chi connectivity index (χ2v) is 31.9. The van der Waals surface area contributed by atoms with E-state index >= 15 is 4.39 Å². The van der Waals surface area contributed by atoms with Crippen LogP contribution in [0.5, 0.6) is 0 Å². The van der Waals surface area contributed by atoms with E-state index in [1.807, 2.05) is 0 Å². The molecule has 4 aromatic carbocycles. The fourth-order valence-electron chi connectivity index (χ4n) is 13.1. The normalized spacial score (nSPS) is 25.2. The largest absolute Gasteiger partial charge is 0.404 e. The third-order valence-electron chi connectivity index (χ3n) is 16.5. The Morgan fingerprint density at radius 3 is 1.68 bits per heavy atom. The zero-order valence-corrected chi connectivity index (χ0v) is 45.5. The minimum atomic E-state index is -3.11. The zero-order valence-electron chi connectivity index (χ0n) is 43.5. The van der Waals surface area contributed by atoms with Crippen molar-refractivity contribution < 1.29 is 22.7 Å². The van der Waals surface area contributed by atoms with Gasteiger partial charge in [-0.15, -0.1) is 0 Å². The van der Waals surface area contributed by atoms with Crippen LogP contribution in [0, 0.1) is 23.2 Å². The van der Waals surface area contributed by atoms with Gasteiger partial charge >= 0.3 is 0 Å². The molecule has 0 N–H and O–H groups in total. The van der Waals surface area contributed by atoms with Gasteiger partial charge in [-0.25, -0.2) is 4.39 Å². The van der Waals surface area contributed by atoms with E-state index in [9.17, 15) is 0 Å². The number of halogens is 1. The molecule has 7 rings (SSSR count). The van der Waals surface area contributed by atoms with Crippen molar-refractivity contribution in [3.63, 3.8) is 0 Å². The number of benzene rings is 4. The molecule has 4 nitrogen and oxygen atoms in total. The number of allylic oxidation sites excluding steroid dienone is 3. The Bertz CT molecular complexity index is 2230. The molecule has 3 aliphatic carbocycles. The summed E-state index contributed by atoms with van der Waals surface area (Å²) in [5, 5.41) is 4.37. The summed E-state index contributed by atoms with van der Waals surface area (Å²) in [4.78, 5) is 0. The topological polar surface area (TPSA) is 36.9 Å². The average molecular weight is 956 g/mol. The standard InChI is InChI=1S/C61H83FO4Si2/c1-46(26-24-40-60(8,9)64-45-63-11)55-38-39-56-47(27-25-41-61(55,56)10)36-37-48-42-49(65-67(58(2,3)4,50-28-16-12-17-29-50)51-30-18-13-19-31-51)43-57(54(48)44-62)66-68(59(5,6)7,52-32-20-14-21-33-52)53-34-22-15-23-35-53/h12-23,28-37,44,46,49,55-57H,24-27,38-43,45H2,1-11H3/b47-36+,48-37+,54-44+/t46-,49-,55-,56+,57+,61-/m1/s1. The summed E-state index contributed by atoms with van der Waals surface area (Å²) >= 11 is 0. The van der Waals surface area contributed by atoms with Crippen LogP contribution in [0.1, 0.15) is 133 Å². The highest BCUT2D eigenvalue weighted by Gasteiger charge is 2.56. The molecular formula is C61H83FO4Si2. The van der Waals surface area contributed by atoms with Crippen LogP contribution in [-0.4, -0.2) is 48.3 Å². The van der Waals surface area contributed by atoms with E-state index < -0.39 is 22.7 Å². The van der Waals surface area contributed by atoms with Gasteiger partial charge in [0.05, 0.1) is 24.1 Å². The van der Waals surface area contributed by atoms with E-state index in [2.05, 4.69) is 203 Å². The molecule has 0 aliphatic heterocycles. The number of hydrogen-bond donors (Lipinski definition) is 0. The van der Waals surface area contributed by atoms with Gasteiger partial charge in [0.1, 0.15) is 6.79 Å². The van der Waals surface area contributed by atoms with Crippen LogP contribution in [0.3, 0.4) is 0 Å². The number of rotatable bonds is 17. The minimum absolute atomic E-state index is 0.189. The van der Waals surface area contributed by atoms with Crippen molar-refractivity contribution in [2.45, 2.75) is 161 Å². The molecule has 3 saturated carbocycles. The maximum atomic E-state index is 16.3. The van der Waals surface area contributed by atoms with E-state index in [0.29, 0.717) is 43.0 Å². The molecule has 4 aromatic rings. The first kappa shape index (κ1) is 52.1. The van der Waals surface area contributed by atoms with Crippen LogP contribution in [0.4, 0.5) is 4.39 Å². The summed E-state index contributed by atoms with van der Waals surface area (Å²) in [7, 11) is -4.41. The molecule has 0 spiro atoms. The molecule has 3 aliphatic rings. The second kappa shape index (κ2) is 21.7. The molecule has 0 unspecified atom stereocenters. The first-order valence-electron chi connectivity index (χ1n) is 25.8. The molecule has 6 atom stereocenters. The highest BCUT2D eigenvalue weighted by molar-refractivity contribution is 7.00. The summed E-state index contributed by atoms with van der Waals surface area (Å²) in [6, 6.07) is 43.5. The van der Waals surface area contributed by atoms with Crippen LogP contribution >= 0.6 is 0 Å². The maximum absolute atomic E-state index is 16.3. The summed E-state index contributed by atoms with van der Waals surface area (Å²) in [6.07, 6.45) is 15.4. The van der Waals surface area contributed by atoms with Crippen molar-refractivity contribution >= 4 is 37.4 Å². The molecule has 0 aromatic heterocycles. The molecule has 3 fully saturated rings. The molecule has 7 heteroatoms. The summed E-state index contributed by atoms with van der Waals surface area (Å²) < 4.78 is 43.5. The van der Waals surface area contributed by atoms with Crippen LogP contribution in [0.2, 0.25) is 10.1 Å². The van der Waals surface area contributed by atoms with Crippen molar-refractivity contribution in [3.8, 4) is 0 Å². The Labute approximate surface area is 413 Å².